The number of aryl methyl sites for hydroxylation is 1. The summed E-state index contributed by atoms with van der Waals surface area (Å²) >= 11 is 1.39. The minimum absolute atomic E-state index is 0.541. The lowest BCUT2D eigenvalue weighted by molar-refractivity contribution is 0.341. The predicted molar refractivity (Wildman–Crippen MR) is 79.4 cm³/mol. The van der Waals surface area contributed by atoms with Crippen LogP contribution in [0.4, 0.5) is 5.00 Å². The van der Waals surface area contributed by atoms with Gasteiger partial charge in [0.15, 0.2) is 0 Å². The molecule has 0 unspecified atom stereocenters. The fraction of sp³-hybridized carbons (Fsp3) is 0.267. The van der Waals surface area contributed by atoms with E-state index in [1.165, 1.54) is 16.9 Å². The van der Waals surface area contributed by atoms with Crippen LogP contribution in [0.1, 0.15) is 25.0 Å². The molecule has 98 valence electrons. The Morgan fingerprint density at radius 2 is 2.11 bits per heavy atom. The smallest absolute Gasteiger partial charge is 0.127 e. The van der Waals surface area contributed by atoms with Gasteiger partial charge in [-0.15, -0.1) is 11.3 Å². The van der Waals surface area contributed by atoms with Crippen molar-refractivity contribution in [3.8, 4) is 22.9 Å². The van der Waals surface area contributed by atoms with Gasteiger partial charge in [0.05, 0.1) is 12.2 Å². The van der Waals surface area contributed by atoms with Crippen LogP contribution in [-0.4, -0.2) is 6.61 Å². The summed E-state index contributed by atoms with van der Waals surface area (Å²) in [6.07, 6.45) is 0.945. The Hall–Kier alpha value is -1.99. The first-order valence-corrected chi connectivity index (χ1v) is 7.12. The molecule has 0 aliphatic rings. The molecule has 1 aromatic heterocycles. The molecule has 19 heavy (non-hydrogen) atoms. The van der Waals surface area contributed by atoms with Crippen LogP contribution in [0.2, 0.25) is 0 Å². The highest BCUT2D eigenvalue weighted by Crippen LogP contribution is 2.38. The molecule has 0 aliphatic carbocycles. The van der Waals surface area contributed by atoms with E-state index in [4.69, 9.17) is 10.5 Å². The average molecular weight is 272 g/mol. The first-order chi connectivity index (χ1) is 9.21. The first-order valence-electron chi connectivity index (χ1n) is 6.24. The molecule has 0 bridgehead atoms. The summed E-state index contributed by atoms with van der Waals surface area (Å²) in [5.41, 5.74) is 9.41. The summed E-state index contributed by atoms with van der Waals surface area (Å²) in [5.74, 6) is 0.800. The number of ether oxygens (including phenoxy) is 1. The molecule has 0 amide bonds. The number of rotatable bonds is 4. The van der Waals surface area contributed by atoms with Crippen molar-refractivity contribution in [1.82, 2.24) is 0 Å². The third-order valence-corrected chi connectivity index (χ3v) is 3.79. The Morgan fingerprint density at radius 3 is 2.74 bits per heavy atom. The summed E-state index contributed by atoms with van der Waals surface area (Å²) in [7, 11) is 0. The number of benzene rings is 1. The number of nitriles is 1. The SMILES string of the molecule is CCOc1ccc(CC)cc1-c1csc(N)c1C#N. The standard InChI is InChI=1S/C15H16N2OS/c1-3-10-5-6-14(18-4-2)11(7-10)13-9-19-15(17)12(13)8-16/h5-7,9H,3-4,17H2,1-2H3. The Kier molecular flexibility index (Phi) is 4.08. The molecule has 2 rings (SSSR count). The summed E-state index contributed by atoms with van der Waals surface area (Å²) < 4.78 is 5.65. The Balaban J connectivity index is 2.61. The summed E-state index contributed by atoms with van der Waals surface area (Å²) in [6.45, 7) is 4.65. The Labute approximate surface area is 117 Å². The van der Waals surface area contributed by atoms with E-state index in [0.717, 1.165) is 23.3 Å². The normalized spacial score (nSPS) is 10.2. The van der Waals surface area contributed by atoms with Crippen molar-refractivity contribution in [2.75, 3.05) is 12.3 Å². The van der Waals surface area contributed by atoms with Crippen LogP contribution >= 0.6 is 11.3 Å². The molecule has 2 N–H and O–H groups in total. The molecule has 0 saturated heterocycles. The third-order valence-electron chi connectivity index (χ3n) is 2.97. The van der Waals surface area contributed by atoms with Crippen molar-refractivity contribution in [1.29, 1.82) is 5.26 Å². The second kappa shape index (κ2) is 5.77. The maximum atomic E-state index is 9.23. The van der Waals surface area contributed by atoms with E-state index >= 15 is 0 Å². The molecular formula is C15H16N2OS. The van der Waals surface area contributed by atoms with E-state index < -0.39 is 0 Å². The molecular weight excluding hydrogens is 256 g/mol. The fourth-order valence-corrected chi connectivity index (χ4v) is 2.74. The Morgan fingerprint density at radius 1 is 1.32 bits per heavy atom. The van der Waals surface area contributed by atoms with Crippen LogP contribution in [0.25, 0.3) is 11.1 Å². The summed E-state index contributed by atoms with van der Waals surface area (Å²) in [6, 6.07) is 8.27. The van der Waals surface area contributed by atoms with Gasteiger partial charge < -0.3 is 10.5 Å². The number of nitrogens with two attached hydrogens (primary N) is 1. The number of nitrogens with zero attached hydrogens (tertiary/aromatic N) is 1. The lowest BCUT2D eigenvalue weighted by Crippen LogP contribution is -1.96. The van der Waals surface area contributed by atoms with E-state index in [0.29, 0.717) is 17.2 Å². The van der Waals surface area contributed by atoms with Crippen molar-refractivity contribution in [3.63, 3.8) is 0 Å². The fourth-order valence-electron chi connectivity index (χ4n) is 1.98. The minimum Gasteiger partial charge on any atom is -0.493 e. The van der Waals surface area contributed by atoms with Crippen molar-refractivity contribution in [2.45, 2.75) is 20.3 Å². The zero-order valence-electron chi connectivity index (χ0n) is 11.1. The van der Waals surface area contributed by atoms with Gasteiger partial charge in [-0.25, -0.2) is 0 Å². The number of anilines is 1. The van der Waals surface area contributed by atoms with Gasteiger partial charge in [0.25, 0.3) is 0 Å². The van der Waals surface area contributed by atoms with Gasteiger partial charge >= 0.3 is 0 Å². The lowest BCUT2D eigenvalue weighted by Gasteiger charge is -2.11. The maximum Gasteiger partial charge on any atom is 0.127 e. The molecule has 0 radical (unpaired) electrons. The van der Waals surface area contributed by atoms with Crippen LogP contribution < -0.4 is 10.5 Å². The number of hydrogen-bond donors (Lipinski definition) is 1. The average Bonchev–Trinajstić information content (AvgIpc) is 2.80. The topological polar surface area (TPSA) is 59.0 Å². The molecule has 0 atom stereocenters. The van der Waals surface area contributed by atoms with E-state index in [-0.39, 0.29) is 0 Å². The number of hydrogen-bond acceptors (Lipinski definition) is 4. The second-order valence-electron chi connectivity index (χ2n) is 4.12. The highest BCUT2D eigenvalue weighted by atomic mass is 32.1. The van der Waals surface area contributed by atoms with Gasteiger partial charge in [0.2, 0.25) is 0 Å². The van der Waals surface area contributed by atoms with Crippen LogP contribution in [-0.2, 0) is 6.42 Å². The summed E-state index contributed by atoms with van der Waals surface area (Å²) in [5, 5.41) is 11.7. The molecule has 0 fully saturated rings. The van der Waals surface area contributed by atoms with E-state index in [9.17, 15) is 5.26 Å². The van der Waals surface area contributed by atoms with E-state index in [2.05, 4.69) is 25.1 Å². The van der Waals surface area contributed by atoms with Crippen LogP contribution in [0.5, 0.6) is 5.75 Å². The van der Waals surface area contributed by atoms with Gasteiger partial charge in [-0.3, -0.25) is 0 Å². The van der Waals surface area contributed by atoms with Gasteiger partial charge in [0, 0.05) is 16.5 Å². The largest absolute Gasteiger partial charge is 0.493 e. The van der Waals surface area contributed by atoms with Crippen molar-refractivity contribution < 1.29 is 4.74 Å². The van der Waals surface area contributed by atoms with E-state index in [1.807, 2.05) is 18.4 Å². The zero-order chi connectivity index (χ0) is 13.8. The van der Waals surface area contributed by atoms with Crippen molar-refractivity contribution >= 4 is 16.3 Å². The quantitative estimate of drug-likeness (QED) is 0.920. The van der Waals surface area contributed by atoms with Crippen LogP contribution in [0.3, 0.4) is 0 Å². The zero-order valence-corrected chi connectivity index (χ0v) is 11.9. The second-order valence-corrected chi connectivity index (χ2v) is 5.03. The number of thiophene rings is 1. The highest BCUT2D eigenvalue weighted by molar-refractivity contribution is 7.14. The Bertz CT molecular complexity index is 626. The van der Waals surface area contributed by atoms with Gasteiger partial charge in [-0.05, 0) is 31.0 Å². The predicted octanol–water partition coefficient (Wildman–Crippen LogP) is 3.83. The monoisotopic (exact) mass is 272 g/mol. The number of nitrogen functional groups attached to an aromatic ring is 1. The van der Waals surface area contributed by atoms with Crippen LogP contribution in [0.15, 0.2) is 23.6 Å². The molecule has 0 saturated carbocycles. The molecule has 0 aliphatic heterocycles. The highest BCUT2D eigenvalue weighted by Gasteiger charge is 2.15. The van der Waals surface area contributed by atoms with Gasteiger partial charge in [-0.1, -0.05) is 13.0 Å². The maximum absolute atomic E-state index is 9.23. The third kappa shape index (κ3) is 2.56. The van der Waals surface area contributed by atoms with Gasteiger partial charge in [-0.2, -0.15) is 5.26 Å². The molecule has 4 heteroatoms. The van der Waals surface area contributed by atoms with Crippen molar-refractivity contribution in [3.05, 3.63) is 34.7 Å². The minimum atomic E-state index is 0.541. The van der Waals surface area contributed by atoms with E-state index in [1.54, 1.807) is 0 Å². The lowest BCUT2D eigenvalue weighted by atomic mass is 10.00. The van der Waals surface area contributed by atoms with Gasteiger partial charge in [0.1, 0.15) is 16.8 Å². The van der Waals surface area contributed by atoms with Crippen molar-refractivity contribution in [2.24, 2.45) is 0 Å². The molecule has 3 nitrogen and oxygen atoms in total. The molecule has 2 aromatic rings. The summed E-state index contributed by atoms with van der Waals surface area (Å²) in [4.78, 5) is 0. The molecule has 1 aromatic carbocycles. The first kappa shape index (κ1) is 13.4. The molecule has 0 spiro atoms. The van der Waals surface area contributed by atoms with Crippen LogP contribution in [0, 0.1) is 11.3 Å². The molecule has 1 heterocycles.